The van der Waals surface area contributed by atoms with Gasteiger partial charge in [-0.1, -0.05) is 0 Å². The van der Waals surface area contributed by atoms with E-state index in [1.807, 2.05) is 7.05 Å². The third-order valence-electron chi connectivity index (χ3n) is 4.72. The third-order valence-corrected chi connectivity index (χ3v) is 5.65. The average molecular weight is 289 g/mol. The molecule has 0 aromatic rings. The van der Waals surface area contributed by atoms with E-state index in [1.54, 1.807) is 0 Å². The van der Waals surface area contributed by atoms with Gasteiger partial charge in [-0.3, -0.25) is 9.80 Å². The average Bonchev–Trinajstić information content (AvgIpc) is 3.10. The zero-order valence-corrected chi connectivity index (χ0v) is 13.1. The summed E-state index contributed by atoms with van der Waals surface area (Å²) >= 11 is 0. The molecule has 0 amide bonds. The van der Waals surface area contributed by atoms with E-state index in [2.05, 4.69) is 16.7 Å². The zero-order valence-electron chi connectivity index (χ0n) is 12.3. The van der Waals surface area contributed by atoms with Crippen molar-refractivity contribution in [3.05, 3.63) is 0 Å². The second-order valence-corrected chi connectivity index (χ2v) is 8.70. The molecule has 0 aromatic heterocycles. The van der Waals surface area contributed by atoms with Gasteiger partial charge in [0.2, 0.25) is 0 Å². The minimum absolute atomic E-state index is 0.0489. The molecule has 2 rings (SSSR count). The predicted octanol–water partition coefficient (Wildman–Crippen LogP) is -0.0831. The molecule has 1 saturated heterocycles. The molecule has 0 spiro atoms. The number of likely N-dealkylation sites (N-methyl/N-ethyl adjacent to an activating group) is 1. The number of sulfone groups is 1. The van der Waals surface area contributed by atoms with Crippen LogP contribution in [0.2, 0.25) is 0 Å². The minimum atomic E-state index is -2.91. The molecule has 1 saturated carbocycles. The van der Waals surface area contributed by atoms with Crippen LogP contribution in [0.4, 0.5) is 0 Å². The van der Waals surface area contributed by atoms with Gasteiger partial charge in [0, 0.05) is 43.5 Å². The molecule has 1 aliphatic carbocycles. The second-order valence-electron chi connectivity index (χ2n) is 6.44. The molecule has 0 bridgehead atoms. The molecule has 1 aliphatic heterocycles. The molecule has 2 fully saturated rings. The lowest BCUT2D eigenvalue weighted by molar-refractivity contribution is 0.135. The van der Waals surface area contributed by atoms with Crippen molar-refractivity contribution in [3.63, 3.8) is 0 Å². The molecule has 1 heterocycles. The van der Waals surface area contributed by atoms with Gasteiger partial charge in [-0.2, -0.15) is 0 Å². The van der Waals surface area contributed by atoms with Gasteiger partial charge in [-0.25, -0.2) is 8.42 Å². The van der Waals surface area contributed by atoms with E-state index in [1.165, 1.54) is 19.1 Å². The van der Waals surface area contributed by atoms with Crippen LogP contribution in [0.25, 0.3) is 0 Å². The highest BCUT2D eigenvalue weighted by Gasteiger charge is 2.48. The van der Waals surface area contributed by atoms with Crippen LogP contribution >= 0.6 is 0 Å². The van der Waals surface area contributed by atoms with E-state index < -0.39 is 9.84 Å². The standard InChI is InChI=1S/C13H27N3O2S/c1-11-8-13(9-14,10-16(11)12-4-5-12)15(2)6-7-19(3,17)18/h11-12H,4-10,14H2,1-3H3. The Kier molecular flexibility index (Phi) is 4.26. The summed E-state index contributed by atoms with van der Waals surface area (Å²) in [6.45, 7) is 4.41. The van der Waals surface area contributed by atoms with Crippen LogP contribution in [0.15, 0.2) is 0 Å². The van der Waals surface area contributed by atoms with Crippen molar-refractivity contribution in [1.29, 1.82) is 0 Å². The van der Waals surface area contributed by atoms with Crippen molar-refractivity contribution < 1.29 is 8.42 Å². The van der Waals surface area contributed by atoms with Gasteiger partial charge in [0.25, 0.3) is 0 Å². The summed E-state index contributed by atoms with van der Waals surface area (Å²) in [6.07, 6.45) is 4.94. The summed E-state index contributed by atoms with van der Waals surface area (Å²) in [5.41, 5.74) is 5.99. The molecule has 2 unspecified atom stereocenters. The molecule has 19 heavy (non-hydrogen) atoms. The van der Waals surface area contributed by atoms with Gasteiger partial charge in [0.05, 0.1) is 5.75 Å². The molecule has 0 radical (unpaired) electrons. The Morgan fingerprint density at radius 1 is 1.42 bits per heavy atom. The predicted molar refractivity (Wildman–Crippen MR) is 77.9 cm³/mol. The summed E-state index contributed by atoms with van der Waals surface area (Å²) in [5, 5.41) is 0. The van der Waals surface area contributed by atoms with Gasteiger partial charge in [-0.15, -0.1) is 0 Å². The highest BCUT2D eigenvalue weighted by Crippen LogP contribution is 2.38. The maximum absolute atomic E-state index is 11.3. The lowest BCUT2D eigenvalue weighted by atomic mass is 9.94. The van der Waals surface area contributed by atoms with Crippen molar-refractivity contribution in [2.24, 2.45) is 5.73 Å². The van der Waals surface area contributed by atoms with Gasteiger partial charge < -0.3 is 5.73 Å². The largest absolute Gasteiger partial charge is 0.329 e. The number of nitrogens with two attached hydrogens (primary N) is 1. The Morgan fingerprint density at radius 2 is 2.05 bits per heavy atom. The monoisotopic (exact) mass is 289 g/mol. The lowest BCUT2D eigenvalue weighted by Crippen LogP contribution is -2.55. The first-order chi connectivity index (χ1) is 8.77. The first kappa shape index (κ1) is 15.2. The van der Waals surface area contributed by atoms with Gasteiger partial charge in [0.1, 0.15) is 9.84 Å². The molecule has 2 aliphatic rings. The van der Waals surface area contributed by atoms with E-state index in [0.29, 0.717) is 19.1 Å². The van der Waals surface area contributed by atoms with E-state index in [4.69, 9.17) is 5.73 Å². The summed E-state index contributed by atoms with van der Waals surface area (Å²) in [4.78, 5) is 4.73. The van der Waals surface area contributed by atoms with Crippen LogP contribution in [-0.4, -0.2) is 74.5 Å². The Labute approximate surface area is 117 Å². The number of nitrogens with zero attached hydrogens (tertiary/aromatic N) is 2. The number of hydrogen-bond acceptors (Lipinski definition) is 5. The molecular formula is C13H27N3O2S. The van der Waals surface area contributed by atoms with Gasteiger partial charge in [-0.05, 0) is 33.2 Å². The first-order valence-corrected chi connectivity index (χ1v) is 9.18. The molecule has 0 aromatic carbocycles. The molecule has 5 nitrogen and oxygen atoms in total. The highest BCUT2D eigenvalue weighted by molar-refractivity contribution is 7.90. The Bertz CT molecular complexity index is 422. The maximum Gasteiger partial charge on any atom is 0.148 e. The van der Waals surface area contributed by atoms with Crippen LogP contribution in [0, 0.1) is 0 Å². The van der Waals surface area contributed by atoms with E-state index in [9.17, 15) is 8.42 Å². The summed E-state index contributed by atoms with van der Waals surface area (Å²) in [6, 6.07) is 1.29. The number of rotatable bonds is 6. The van der Waals surface area contributed by atoms with E-state index >= 15 is 0 Å². The Morgan fingerprint density at radius 3 is 2.53 bits per heavy atom. The van der Waals surface area contributed by atoms with Crippen LogP contribution in [-0.2, 0) is 9.84 Å². The van der Waals surface area contributed by atoms with E-state index in [0.717, 1.165) is 19.0 Å². The van der Waals surface area contributed by atoms with E-state index in [-0.39, 0.29) is 11.3 Å². The minimum Gasteiger partial charge on any atom is -0.329 e. The Hall–Kier alpha value is -0.170. The fraction of sp³-hybridized carbons (Fsp3) is 1.00. The highest BCUT2D eigenvalue weighted by atomic mass is 32.2. The normalized spacial score (nSPS) is 33.2. The molecule has 2 N–H and O–H groups in total. The summed E-state index contributed by atoms with van der Waals surface area (Å²) < 4.78 is 22.6. The van der Waals surface area contributed by atoms with Crippen LogP contribution in [0.5, 0.6) is 0 Å². The maximum atomic E-state index is 11.3. The molecule has 6 heteroatoms. The van der Waals surface area contributed by atoms with Crippen molar-refractivity contribution in [2.75, 3.05) is 38.7 Å². The SMILES string of the molecule is CC1CC(CN)(N(C)CCS(C)(=O)=O)CN1C1CC1. The molecular weight excluding hydrogens is 262 g/mol. The van der Waals surface area contributed by atoms with Crippen molar-refractivity contribution in [1.82, 2.24) is 9.80 Å². The van der Waals surface area contributed by atoms with Gasteiger partial charge >= 0.3 is 0 Å². The van der Waals surface area contributed by atoms with Crippen molar-refractivity contribution >= 4 is 9.84 Å². The van der Waals surface area contributed by atoms with Crippen molar-refractivity contribution in [3.8, 4) is 0 Å². The lowest BCUT2D eigenvalue weighted by Gasteiger charge is -2.38. The van der Waals surface area contributed by atoms with Gasteiger partial charge in [0.15, 0.2) is 0 Å². The number of hydrogen-bond donors (Lipinski definition) is 1. The number of likely N-dealkylation sites (tertiary alicyclic amines) is 1. The fourth-order valence-corrected chi connectivity index (χ4v) is 3.85. The molecule has 2 atom stereocenters. The van der Waals surface area contributed by atoms with Crippen LogP contribution in [0.3, 0.4) is 0 Å². The summed E-state index contributed by atoms with van der Waals surface area (Å²) in [7, 11) is -0.896. The smallest absolute Gasteiger partial charge is 0.148 e. The van der Waals surface area contributed by atoms with Crippen LogP contribution < -0.4 is 5.73 Å². The summed E-state index contributed by atoms with van der Waals surface area (Å²) in [5.74, 6) is 0.211. The van der Waals surface area contributed by atoms with Crippen molar-refractivity contribution in [2.45, 2.75) is 43.8 Å². The topological polar surface area (TPSA) is 66.6 Å². The molecule has 112 valence electrons. The third kappa shape index (κ3) is 3.48. The quantitative estimate of drug-likeness (QED) is 0.741. The zero-order chi connectivity index (χ0) is 14.3. The van der Waals surface area contributed by atoms with Crippen LogP contribution in [0.1, 0.15) is 26.2 Å². The Balaban J connectivity index is 2.01. The fourth-order valence-electron chi connectivity index (χ4n) is 3.24. The first-order valence-electron chi connectivity index (χ1n) is 7.12. The second kappa shape index (κ2) is 5.31.